The molecule has 0 heterocycles. The molecule has 19 heavy (non-hydrogen) atoms. The van der Waals surface area contributed by atoms with Gasteiger partial charge in [0.25, 0.3) is 0 Å². The Kier molecular flexibility index (Phi) is 13.2. The summed E-state index contributed by atoms with van der Waals surface area (Å²) in [5.74, 6) is 0.0739. The summed E-state index contributed by atoms with van der Waals surface area (Å²) in [5, 5.41) is 5.78. The molecule has 0 aliphatic carbocycles. The van der Waals surface area contributed by atoms with Crippen molar-refractivity contribution in [3.8, 4) is 0 Å². The van der Waals surface area contributed by atoms with Crippen molar-refractivity contribution in [3.05, 3.63) is 0 Å². The summed E-state index contributed by atoms with van der Waals surface area (Å²) in [7, 11) is 1.89. The van der Waals surface area contributed by atoms with Crippen LogP contribution in [0.15, 0.2) is 0 Å². The number of rotatable bonds is 13. The summed E-state index contributed by atoms with van der Waals surface area (Å²) in [6.07, 6.45) is 0. The third-order valence-corrected chi connectivity index (χ3v) is 2.31. The van der Waals surface area contributed by atoms with Crippen molar-refractivity contribution < 1.29 is 19.0 Å². The average molecular weight is 276 g/mol. The van der Waals surface area contributed by atoms with Gasteiger partial charge in [-0.1, -0.05) is 13.8 Å². The van der Waals surface area contributed by atoms with Crippen LogP contribution in [-0.2, 0) is 19.0 Å². The minimum absolute atomic E-state index is 0.0197. The topological polar surface area (TPSA) is 68.8 Å². The lowest BCUT2D eigenvalue weighted by atomic mass is 10.2. The number of carbonyl (C=O) groups excluding carboxylic acids is 1. The highest BCUT2D eigenvalue weighted by molar-refractivity contribution is 5.77. The van der Waals surface area contributed by atoms with Gasteiger partial charge in [-0.25, -0.2) is 0 Å². The van der Waals surface area contributed by atoms with Crippen LogP contribution in [0.25, 0.3) is 0 Å². The second-order valence-electron chi connectivity index (χ2n) is 4.39. The highest BCUT2D eigenvalue weighted by Crippen LogP contribution is 1.89. The van der Waals surface area contributed by atoms with Crippen LogP contribution in [0.5, 0.6) is 0 Å². The van der Waals surface area contributed by atoms with E-state index in [1.165, 1.54) is 0 Å². The Balaban J connectivity index is 3.05. The summed E-state index contributed by atoms with van der Waals surface area (Å²) in [5.41, 5.74) is 0. The Morgan fingerprint density at radius 3 is 1.84 bits per heavy atom. The van der Waals surface area contributed by atoms with Crippen LogP contribution in [0.4, 0.5) is 0 Å². The van der Waals surface area contributed by atoms with E-state index in [1.807, 2.05) is 20.9 Å². The van der Waals surface area contributed by atoms with Gasteiger partial charge in [0.05, 0.1) is 39.6 Å². The molecule has 2 N–H and O–H groups in total. The first-order chi connectivity index (χ1) is 9.18. The van der Waals surface area contributed by atoms with Gasteiger partial charge in [-0.15, -0.1) is 0 Å². The molecule has 0 spiro atoms. The summed E-state index contributed by atoms with van der Waals surface area (Å²) >= 11 is 0. The fourth-order valence-electron chi connectivity index (χ4n) is 1.17. The average Bonchev–Trinajstić information content (AvgIpc) is 2.39. The lowest BCUT2D eigenvalue weighted by Gasteiger charge is -2.08. The summed E-state index contributed by atoms with van der Waals surface area (Å²) in [4.78, 5) is 11.2. The summed E-state index contributed by atoms with van der Waals surface area (Å²) < 4.78 is 15.9. The van der Waals surface area contributed by atoms with Crippen molar-refractivity contribution in [2.75, 3.05) is 59.8 Å². The Hall–Kier alpha value is -0.690. The van der Waals surface area contributed by atoms with Gasteiger partial charge in [-0.2, -0.15) is 0 Å². The van der Waals surface area contributed by atoms with E-state index in [1.54, 1.807) is 0 Å². The molecular formula is C13H28N2O4. The number of amides is 1. The van der Waals surface area contributed by atoms with Crippen molar-refractivity contribution >= 4 is 5.91 Å². The zero-order valence-electron chi connectivity index (χ0n) is 12.4. The van der Waals surface area contributed by atoms with E-state index in [0.29, 0.717) is 46.2 Å². The van der Waals surface area contributed by atoms with Gasteiger partial charge in [0, 0.05) is 19.0 Å². The van der Waals surface area contributed by atoms with Crippen LogP contribution in [0.3, 0.4) is 0 Å². The Labute approximate surface area is 116 Å². The molecule has 0 aromatic heterocycles. The van der Waals surface area contributed by atoms with Crippen LogP contribution in [0.2, 0.25) is 0 Å². The molecule has 0 saturated carbocycles. The predicted molar refractivity (Wildman–Crippen MR) is 74.2 cm³/mol. The fourth-order valence-corrected chi connectivity index (χ4v) is 1.17. The number of nitrogens with one attached hydrogen (secondary N) is 2. The van der Waals surface area contributed by atoms with Gasteiger partial charge in [-0.05, 0) is 7.05 Å². The predicted octanol–water partition coefficient (Wildman–Crippen LogP) is 0.0278. The molecule has 0 saturated heterocycles. The second kappa shape index (κ2) is 13.7. The normalized spacial score (nSPS) is 10.9. The number of hydrogen-bond acceptors (Lipinski definition) is 5. The molecule has 0 aromatic rings. The zero-order valence-corrected chi connectivity index (χ0v) is 12.4. The highest BCUT2D eigenvalue weighted by Gasteiger charge is 2.04. The van der Waals surface area contributed by atoms with Crippen LogP contribution in [0.1, 0.15) is 13.8 Å². The van der Waals surface area contributed by atoms with Crippen molar-refractivity contribution in [3.63, 3.8) is 0 Å². The third-order valence-electron chi connectivity index (χ3n) is 2.31. The maximum atomic E-state index is 11.2. The molecule has 0 aliphatic heterocycles. The highest BCUT2D eigenvalue weighted by atomic mass is 16.5. The quantitative estimate of drug-likeness (QED) is 0.464. The SMILES string of the molecule is CNCCOCCOCCOCCNC(=O)C(C)C. The molecule has 0 fully saturated rings. The lowest BCUT2D eigenvalue weighted by Crippen LogP contribution is -2.31. The minimum atomic E-state index is 0.0197. The monoisotopic (exact) mass is 276 g/mol. The summed E-state index contributed by atoms with van der Waals surface area (Å²) in [6, 6.07) is 0. The molecule has 0 aliphatic rings. The van der Waals surface area contributed by atoms with E-state index in [2.05, 4.69) is 10.6 Å². The van der Waals surface area contributed by atoms with E-state index >= 15 is 0 Å². The minimum Gasteiger partial charge on any atom is -0.378 e. The molecule has 0 aromatic carbocycles. The first kappa shape index (κ1) is 18.3. The van der Waals surface area contributed by atoms with Crippen LogP contribution in [0, 0.1) is 5.92 Å². The van der Waals surface area contributed by atoms with Gasteiger partial charge in [0.15, 0.2) is 0 Å². The standard InChI is InChI=1S/C13H28N2O4/c1-12(2)13(16)15-5-7-18-9-11-19-10-8-17-6-4-14-3/h12,14H,4-11H2,1-3H3,(H,15,16). The number of likely N-dealkylation sites (N-methyl/N-ethyl adjacent to an activating group) is 1. The molecule has 0 rings (SSSR count). The molecular weight excluding hydrogens is 248 g/mol. The molecule has 0 radical (unpaired) electrons. The van der Waals surface area contributed by atoms with Crippen molar-refractivity contribution in [2.45, 2.75) is 13.8 Å². The zero-order chi connectivity index (χ0) is 14.3. The molecule has 1 amide bonds. The maximum absolute atomic E-state index is 11.2. The number of ether oxygens (including phenoxy) is 3. The Morgan fingerprint density at radius 2 is 1.37 bits per heavy atom. The first-order valence-electron chi connectivity index (χ1n) is 6.84. The van der Waals surface area contributed by atoms with E-state index in [4.69, 9.17) is 14.2 Å². The number of hydrogen-bond donors (Lipinski definition) is 2. The van der Waals surface area contributed by atoms with E-state index in [0.717, 1.165) is 6.54 Å². The van der Waals surface area contributed by atoms with E-state index in [-0.39, 0.29) is 11.8 Å². The Morgan fingerprint density at radius 1 is 0.895 bits per heavy atom. The third kappa shape index (κ3) is 13.5. The molecule has 0 bridgehead atoms. The largest absolute Gasteiger partial charge is 0.378 e. The lowest BCUT2D eigenvalue weighted by molar-refractivity contribution is -0.124. The fraction of sp³-hybridized carbons (Fsp3) is 0.923. The van der Waals surface area contributed by atoms with Crippen LogP contribution in [-0.4, -0.2) is 65.7 Å². The smallest absolute Gasteiger partial charge is 0.222 e. The number of carbonyl (C=O) groups is 1. The van der Waals surface area contributed by atoms with E-state index in [9.17, 15) is 4.79 Å². The Bertz CT molecular complexity index is 213. The molecule has 6 heteroatoms. The van der Waals surface area contributed by atoms with Gasteiger partial charge in [-0.3, -0.25) is 4.79 Å². The van der Waals surface area contributed by atoms with Gasteiger partial charge in [0.1, 0.15) is 0 Å². The first-order valence-corrected chi connectivity index (χ1v) is 6.84. The van der Waals surface area contributed by atoms with Crippen molar-refractivity contribution in [2.24, 2.45) is 5.92 Å². The van der Waals surface area contributed by atoms with Crippen LogP contribution < -0.4 is 10.6 Å². The van der Waals surface area contributed by atoms with Crippen molar-refractivity contribution in [1.29, 1.82) is 0 Å². The van der Waals surface area contributed by atoms with Crippen molar-refractivity contribution in [1.82, 2.24) is 10.6 Å². The van der Waals surface area contributed by atoms with Crippen LogP contribution >= 0.6 is 0 Å². The maximum Gasteiger partial charge on any atom is 0.222 e. The molecule has 0 unspecified atom stereocenters. The summed E-state index contributed by atoms with van der Waals surface area (Å²) in [6.45, 7) is 8.61. The molecule has 6 nitrogen and oxygen atoms in total. The van der Waals surface area contributed by atoms with E-state index < -0.39 is 0 Å². The van der Waals surface area contributed by atoms with Gasteiger partial charge < -0.3 is 24.8 Å². The van der Waals surface area contributed by atoms with Gasteiger partial charge >= 0.3 is 0 Å². The second-order valence-corrected chi connectivity index (χ2v) is 4.39. The molecule has 114 valence electrons. The van der Waals surface area contributed by atoms with Gasteiger partial charge in [0.2, 0.25) is 5.91 Å². The molecule has 0 atom stereocenters.